The fraction of sp³-hybridized carbons (Fsp3) is 0.700. The van der Waals surface area contributed by atoms with Crippen molar-refractivity contribution in [1.29, 1.82) is 0 Å². The van der Waals surface area contributed by atoms with Gasteiger partial charge in [-0.05, 0) is 13.5 Å². The summed E-state index contributed by atoms with van der Waals surface area (Å²) in [4.78, 5) is 12.5. The van der Waals surface area contributed by atoms with Gasteiger partial charge in [0.25, 0.3) is 0 Å². The summed E-state index contributed by atoms with van der Waals surface area (Å²) in [6.45, 7) is 6.96. The molecule has 0 aliphatic rings. The van der Waals surface area contributed by atoms with Gasteiger partial charge in [-0.1, -0.05) is 12.5 Å². The monoisotopic (exact) mass is 201 g/mol. The standard InChI is InChI=1S/C10H19NO3/c1-4-11(5-6-14-3)8-9(2)7-10(12)13/h7H,4-6,8H2,1-3H3,(H,12,13). The molecule has 0 radical (unpaired) electrons. The Balaban J connectivity index is 3.97. The van der Waals surface area contributed by atoms with Gasteiger partial charge in [-0.3, -0.25) is 4.90 Å². The zero-order valence-electron chi connectivity index (χ0n) is 9.12. The minimum Gasteiger partial charge on any atom is -0.478 e. The molecule has 0 atom stereocenters. The lowest BCUT2D eigenvalue weighted by atomic mass is 10.2. The van der Waals surface area contributed by atoms with Crippen LogP contribution in [0, 0.1) is 0 Å². The zero-order valence-corrected chi connectivity index (χ0v) is 9.12. The molecule has 1 N–H and O–H groups in total. The van der Waals surface area contributed by atoms with E-state index in [1.807, 2.05) is 13.8 Å². The van der Waals surface area contributed by atoms with Crippen molar-refractivity contribution in [3.8, 4) is 0 Å². The molecule has 82 valence electrons. The van der Waals surface area contributed by atoms with Crippen LogP contribution in [-0.4, -0.2) is 49.3 Å². The second-order valence-electron chi connectivity index (χ2n) is 3.19. The highest BCUT2D eigenvalue weighted by atomic mass is 16.5. The molecule has 0 saturated carbocycles. The van der Waals surface area contributed by atoms with E-state index < -0.39 is 5.97 Å². The van der Waals surface area contributed by atoms with Gasteiger partial charge in [-0.2, -0.15) is 0 Å². The van der Waals surface area contributed by atoms with Crippen molar-refractivity contribution >= 4 is 5.97 Å². The largest absolute Gasteiger partial charge is 0.478 e. The van der Waals surface area contributed by atoms with E-state index in [1.165, 1.54) is 6.08 Å². The van der Waals surface area contributed by atoms with E-state index in [1.54, 1.807) is 7.11 Å². The first-order valence-electron chi connectivity index (χ1n) is 4.71. The molecule has 0 aromatic carbocycles. The third-order valence-corrected chi connectivity index (χ3v) is 1.90. The Morgan fingerprint density at radius 2 is 2.21 bits per heavy atom. The number of likely N-dealkylation sites (N-methyl/N-ethyl adjacent to an activating group) is 1. The van der Waals surface area contributed by atoms with Gasteiger partial charge in [0.1, 0.15) is 0 Å². The first-order chi connectivity index (χ1) is 6.60. The Kier molecular flexibility index (Phi) is 7.06. The summed E-state index contributed by atoms with van der Waals surface area (Å²) in [6.07, 6.45) is 1.25. The third kappa shape index (κ3) is 6.62. The van der Waals surface area contributed by atoms with Gasteiger partial charge in [0.2, 0.25) is 0 Å². The first-order valence-corrected chi connectivity index (χ1v) is 4.71. The summed E-state index contributed by atoms with van der Waals surface area (Å²) in [6, 6.07) is 0. The van der Waals surface area contributed by atoms with Crippen LogP contribution in [0.2, 0.25) is 0 Å². The maximum Gasteiger partial charge on any atom is 0.328 e. The molecule has 4 nitrogen and oxygen atoms in total. The average Bonchev–Trinajstić information content (AvgIpc) is 2.10. The SMILES string of the molecule is CCN(CCOC)CC(C)=CC(=O)O. The Morgan fingerprint density at radius 3 is 2.64 bits per heavy atom. The Bertz CT molecular complexity index is 202. The third-order valence-electron chi connectivity index (χ3n) is 1.90. The molecule has 4 heteroatoms. The number of carboxylic acid groups (broad SMARTS) is 1. The molecule has 0 aliphatic heterocycles. The average molecular weight is 201 g/mol. The summed E-state index contributed by atoms with van der Waals surface area (Å²) in [5, 5.41) is 8.53. The summed E-state index contributed by atoms with van der Waals surface area (Å²) in [5.41, 5.74) is 0.857. The van der Waals surface area contributed by atoms with E-state index in [4.69, 9.17) is 9.84 Å². The van der Waals surface area contributed by atoms with E-state index in [0.29, 0.717) is 13.2 Å². The van der Waals surface area contributed by atoms with Gasteiger partial charge in [-0.15, -0.1) is 0 Å². The summed E-state index contributed by atoms with van der Waals surface area (Å²) in [5.74, 6) is -0.884. The van der Waals surface area contributed by atoms with Gasteiger partial charge < -0.3 is 9.84 Å². The van der Waals surface area contributed by atoms with Gasteiger partial charge >= 0.3 is 5.97 Å². The number of ether oxygens (including phenoxy) is 1. The van der Waals surface area contributed by atoms with Crippen molar-refractivity contribution in [2.45, 2.75) is 13.8 Å². The Labute approximate surface area is 85.2 Å². The van der Waals surface area contributed by atoms with Gasteiger partial charge in [-0.25, -0.2) is 4.79 Å². The number of nitrogens with zero attached hydrogens (tertiary/aromatic N) is 1. The molecule has 0 rings (SSSR count). The highest BCUT2D eigenvalue weighted by Gasteiger charge is 2.03. The van der Waals surface area contributed by atoms with Crippen molar-refractivity contribution in [3.63, 3.8) is 0 Å². The summed E-state index contributed by atoms with van der Waals surface area (Å²) in [7, 11) is 1.66. The van der Waals surface area contributed by atoms with Gasteiger partial charge in [0, 0.05) is 26.3 Å². The fourth-order valence-corrected chi connectivity index (χ4v) is 1.18. The lowest BCUT2D eigenvalue weighted by Gasteiger charge is -2.19. The summed E-state index contributed by atoms with van der Waals surface area (Å²) >= 11 is 0. The van der Waals surface area contributed by atoms with Crippen LogP contribution in [-0.2, 0) is 9.53 Å². The zero-order chi connectivity index (χ0) is 11.0. The molecule has 14 heavy (non-hydrogen) atoms. The molecule has 0 amide bonds. The van der Waals surface area contributed by atoms with Crippen molar-refractivity contribution in [3.05, 3.63) is 11.6 Å². The molecule has 0 bridgehead atoms. The number of hydrogen-bond acceptors (Lipinski definition) is 3. The van der Waals surface area contributed by atoms with Crippen LogP contribution in [0.4, 0.5) is 0 Å². The number of carboxylic acids is 1. The van der Waals surface area contributed by atoms with Crippen molar-refractivity contribution < 1.29 is 14.6 Å². The molecule has 0 spiro atoms. The maximum absolute atomic E-state index is 10.4. The molecule has 0 fully saturated rings. The predicted molar refractivity (Wildman–Crippen MR) is 55.4 cm³/mol. The number of aliphatic carboxylic acids is 1. The van der Waals surface area contributed by atoms with E-state index in [9.17, 15) is 4.79 Å². The number of rotatable bonds is 7. The maximum atomic E-state index is 10.4. The predicted octanol–water partition coefficient (Wildman–Crippen LogP) is 0.986. The smallest absolute Gasteiger partial charge is 0.328 e. The van der Waals surface area contributed by atoms with Crippen LogP contribution in [0.5, 0.6) is 0 Å². The van der Waals surface area contributed by atoms with Crippen LogP contribution < -0.4 is 0 Å². The second kappa shape index (κ2) is 7.53. The van der Waals surface area contributed by atoms with Crippen LogP contribution in [0.3, 0.4) is 0 Å². The van der Waals surface area contributed by atoms with Gasteiger partial charge in [0.05, 0.1) is 6.61 Å². The minimum absolute atomic E-state index is 0.675. The van der Waals surface area contributed by atoms with E-state index in [-0.39, 0.29) is 0 Å². The lowest BCUT2D eigenvalue weighted by Crippen LogP contribution is -2.29. The quantitative estimate of drug-likeness (QED) is 0.624. The molecular formula is C10H19NO3. The van der Waals surface area contributed by atoms with E-state index in [0.717, 1.165) is 18.7 Å². The summed E-state index contributed by atoms with van der Waals surface area (Å²) < 4.78 is 4.96. The van der Waals surface area contributed by atoms with Crippen LogP contribution in [0.15, 0.2) is 11.6 Å². The fourth-order valence-electron chi connectivity index (χ4n) is 1.18. The molecule has 0 aliphatic carbocycles. The van der Waals surface area contributed by atoms with Crippen molar-refractivity contribution in [2.75, 3.05) is 33.4 Å². The molecule has 0 aromatic heterocycles. The van der Waals surface area contributed by atoms with E-state index >= 15 is 0 Å². The number of methoxy groups -OCH3 is 1. The highest BCUT2D eigenvalue weighted by Crippen LogP contribution is 1.98. The Morgan fingerprint density at radius 1 is 1.57 bits per heavy atom. The van der Waals surface area contributed by atoms with Crippen LogP contribution in [0.25, 0.3) is 0 Å². The normalized spacial score (nSPS) is 12.1. The highest BCUT2D eigenvalue weighted by molar-refractivity contribution is 5.80. The lowest BCUT2D eigenvalue weighted by molar-refractivity contribution is -0.131. The van der Waals surface area contributed by atoms with Crippen LogP contribution >= 0.6 is 0 Å². The van der Waals surface area contributed by atoms with Crippen molar-refractivity contribution in [2.24, 2.45) is 0 Å². The first kappa shape index (κ1) is 13.1. The number of hydrogen-bond donors (Lipinski definition) is 1. The molecule has 0 unspecified atom stereocenters. The van der Waals surface area contributed by atoms with Crippen molar-refractivity contribution in [1.82, 2.24) is 4.90 Å². The van der Waals surface area contributed by atoms with Gasteiger partial charge in [0.15, 0.2) is 0 Å². The minimum atomic E-state index is -0.884. The topological polar surface area (TPSA) is 49.8 Å². The number of carbonyl (C=O) groups is 1. The molecular weight excluding hydrogens is 182 g/mol. The second-order valence-corrected chi connectivity index (χ2v) is 3.19. The Hall–Kier alpha value is -0.870. The molecule has 0 heterocycles. The van der Waals surface area contributed by atoms with Crippen LogP contribution in [0.1, 0.15) is 13.8 Å². The molecule has 0 aromatic rings. The molecule has 0 saturated heterocycles. The van der Waals surface area contributed by atoms with E-state index in [2.05, 4.69) is 4.90 Å².